The van der Waals surface area contributed by atoms with Crippen LogP contribution in [0.3, 0.4) is 0 Å². The number of hydrogen-bond acceptors (Lipinski definition) is 4. The molecule has 5 nitrogen and oxygen atoms in total. The fourth-order valence-corrected chi connectivity index (χ4v) is 1.86. The van der Waals surface area contributed by atoms with Gasteiger partial charge in [-0.25, -0.2) is 4.79 Å². The lowest BCUT2D eigenvalue weighted by Crippen LogP contribution is -2.07. The number of aromatic carboxylic acids is 1. The number of carboxylic acids is 1. The highest BCUT2D eigenvalue weighted by Gasteiger charge is 2.10. The Labute approximate surface area is 117 Å². The quantitative estimate of drug-likeness (QED) is 0.875. The first-order chi connectivity index (χ1) is 9.60. The summed E-state index contributed by atoms with van der Waals surface area (Å²) in [6.45, 7) is 2.34. The number of rotatable bonds is 5. The van der Waals surface area contributed by atoms with Crippen molar-refractivity contribution in [2.45, 2.75) is 13.5 Å². The van der Waals surface area contributed by atoms with E-state index >= 15 is 0 Å². The number of carboxylic acid groups (broad SMARTS) is 1. The topological polar surface area (TPSA) is 71.5 Å². The fraction of sp³-hybridized carbons (Fsp3) is 0.200. The lowest BCUT2D eigenvalue weighted by atomic mass is 10.1. The molecular weight excluding hydrogens is 256 g/mol. The number of hydrogen-bond donors (Lipinski definition) is 2. The van der Waals surface area contributed by atoms with Gasteiger partial charge in [0.1, 0.15) is 11.3 Å². The molecule has 2 aromatic rings. The van der Waals surface area contributed by atoms with E-state index in [0.717, 1.165) is 17.0 Å². The smallest absolute Gasteiger partial charge is 0.339 e. The fourth-order valence-electron chi connectivity index (χ4n) is 1.86. The minimum atomic E-state index is -0.995. The van der Waals surface area contributed by atoms with Gasteiger partial charge in [0.05, 0.1) is 12.8 Å². The van der Waals surface area contributed by atoms with Crippen molar-refractivity contribution in [2.75, 3.05) is 12.4 Å². The average molecular weight is 272 g/mol. The summed E-state index contributed by atoms with van der Waals surface area (Å²) in [5.74, 6) is -0.223. The molecule has 0 radical (unpaired) electrons. The zero-order valence-electron chi connectivity index (χ0n) is 11.4. The van der Waals surface area contributed by atoms with Gasteiger partial charge in [-0.1, -0.05) is 12.1 Å². The zero-order chi connectivity index (χ0) is 14.5. The molecule has 5 heteroatoms. The van der Waals surface area contributed by atoms with Crippen molar-refractivity contribution in [3.05, 3.63) is 53.3 Å². The summed E-state index contributed by atoms with van der Waals surface area (Å²) in [5.41, 5.74) is 2.50. The summed E-state index contributed by atoms with van der Waals surface area (Å²) >= 11 is 0. The van der Waals surface area contributed by atoms with E-state index in [9.17, 15) is 4.79 Å². The van der Waals surface area contributed by atoms with Gasteiger partial charge in [-0.3, -0.25) is 4.98 Å². The highest BCUT2D eigenvalue weighted by atomic mass is 16.5. The first-order valence-electron chi connectivity index (χ1n) is 6.17. The third-order valence-electron chi connectivity index (χ3n) is 2.89. The van der Waals surface area contributed by atoms with E-state index in [1.54, 1.807) is 13.2 Å². The van der Waals surface area contributed by atoms with Gasteiger partial charge in [-0.05, 0) is 30.7 Å². The Hall–Kier alpha value is -2.56. The zero-order valence-corrected chi connectivity index (χ0v) is 11.4. The summed E-state index contributed by atoms with van der Waals surface area (Å²) in [4.78, 5) is 15.1. The van der Waals surface area contributed by atoms with E-state index in [1.807, 2.05) is 31.2 Å². The van der Waals surface area contributed by atoms with Crippen molar-refractivity contribution in [2.24, 2.45) is 0 Å². The molecule has 2 N–H and O–H groups in total. The number of ether oxygens (including phenoxy) is 1. The number of aromatic nitrogens is 1. The predicted octanol–water partition coefficient (Wildman–Crippen LogP) is 2.71. The van der Waals surface area contributed by atoms with E-state index in [1.165, 1.54) is 6.20 Å². The summed E-state index contributed by atoms with van der Waals surface area (Å²) < 4.78 is 5.16. The van der Waals surface area contributed by atoms with E-state index < -0.39 is 5.97 Å². The van der Waals surface area contributed by atoms with Crippen LogP contribution in [0.15, 0.2) is 36.5 Å². The minimum absolute atomic E-state index is 0.165. The maximum atomic E-state index is 11.1. The molecule has 2 rings (SSSR count). The molecule has 20 heavy (non-hydrogen) atoms. The number of benzene rings is 1. The van der Waals surface area contributed by atoms with Gasteiger partial charge in [0.15, 0.2) is 0 Å². The molecule has 0 saturated heterocycles. The number of carbonyl (C=O) groups is 1. The molecule has 1 aromatic carbocycles. The van der Waals surface area contributed by atoms with E-state index in [2.05, 4.69) is 10.3 Å². The predicted molar refractivity (Wildman–Crippen MR) is 76.3 cm³/mol. The van der Waals surface area contributed by atoms with Crippen LogP contribution in [0.1, 0.15) is 21.6 Å². The molecule has 1 aromatic heterocycles. The van der Waals surface area contributed by atoms with Crippen molar-refractivity contribution in [1.82, 2.24) is 4.98 Å². The third kappa shape index (κ3) is 3.26. The largest absolute Gasteiger partial charge is 0.497 e. The van der Waals surface area contributed by atoms with Gasteiger partial charge >= 0.3 is 5.97 Å². The molecule has 0 aliphatic heterocycles. The van der Waals surface area contributed by atoms with Crippen LogP contribution in [0.2, 0.25) is 0 Å². The molecule has 0 saturated carbocycles. The van der Waals surface area contributed by atoms with Gasteiger partial charge in [0.2, 0.25) is 0 Å². The maximum Gasteiger partial charge on any atom is 0.339 e. The number of anilines is 1. The summed E-state index contributed by atoms with van der Waals surface area (Å²) in [6.07, 6.45) is 1.37. The van der Waals surface area contributed by atoms with Crippen molar-refractivity contribution in [3.8, 4) is 5.75 Å². The van der Waals surface area contributed by atoms with Gasteiger partial charge < -0.3 is 15.2 Å². The summed E-state index contributed by atoms with van der Waals surface area (Å²) in [5, 5.41) is 12.3. The van der Waals surface area contributed by atoms with E-state index in [4.69, 9.17) is 9.84 Å². The Bertz CT molecular complexity index is 626. The van der Waals surface area contributed by atoms with Gasteiger partial charge in [0, 0.05) is 18.4 Å². The summed E-state index contributed by atoms with van der Waals surface area (Å²) in [7, 11) is 1.61. The van der Waals surface area contributed by atoms with Crippen molar-refractivity contribution < 1.29 is 14.6 Å². The first-order valence-corrected chi connectivity index (χ1v) is 6.17. The highest BCUT2D eigenvalue weighted by Crippen LogP contribution is 2.18. The Morgan fingerprint density at radius 2 is 2.20 bits per heavy atom. The highest BCUT2D eigenvalue weighted by molar-refractivity contribution is 5.93. The second kappa shape index (κ2) is 6.06. The molecule has 1 heterocycles. The average Bonchev–Trinajstić information content (AvgIpc) is 2.45. The van der Waals surface area contributed by atoms with Crippen molar-refractivity contribution >= 4 is 11.7 Å². The van der Waals surface area contributed by atoms with Crippen LogP contribution in [-0.4, -0.2) is 23.2 Å². The molecule has 0 fully saturated rings. The van der Waals surface area contributed by atoms with Crippen LogP contribution < -0.4 is 10.1 Å². The van der Waals surface area contributed by atoms with Crippen LogP contribution in [0.4, 0.5) is 5.69 Å². The Balaban J connectivity index is 2.17. The SMILES string of the molecule is COc1cccc(CNc2cc(C)ncc2C(=O)O)c1. The van der Waals surface area contributed by atoms with Crippen LogP contribution in [0, 0.1) is 6.92 Å². The van der Waals surface area contributed by atoms with Crippen LogP contribution in [0.25, 0.3) is 0 Å². The molecule has 0 unspecified atom stereocenters. The second-order valence-electron chi connectivity index (χ2n) is 4.38. The van der Waals surface area contributed by atoms with Crippen LogP contribution in [0.5, 0.6) is 5.75 Å². The number of pyridine rings is 1. The monoisotopic (exact) mass is 272 g/mol. The molecule has 0 aliphatic rings. The molecule has 0 bridgehead atoms. The third-order valence-corrected chi connectivity index (χ3v) is 2.89. The van der Waals surface area contributed by atoms with Crippen LogP contribution in [-0.2, 0) is 6.54 Å². The van der Waals surface area contributed by atoms with Gasteiger partial charge in [0.25, 0.3) is 0 Å². The van der Waals surface area contributed by atoms with Crippen molar-refractivity contribution in [3.63, 3.8) is 0 Å². The molecule has 0 atom stereocenters. The van der Waals surface area contributed by atoms with Crippen LogP contribution >= 0.6 is 0 Å². The molecule has 0 aliphatic carbocycles. The molecular formula is C15H16N2O3. The summed E-state index contributed by atoms with van der Waals surface area (Å²) in [6, 6.07) is 9.34. The number of nitrogens with one attached hydrogen (secondary N) is 1. The van der Waals surface area contributed by atoms with Gasteiger partial charge in [-0.2, -0.15) is 0 Å². The van der Waals surface area contributed by atoms with Gasteiger partial charge in [-0.15, -0.1) is 0 Å². The number of aryl methyl sites for hydroxylation is 1. The first kappa shape index (κ1) is 13.9. The van der Waals surface area contributed by atoms with E-state index in [-0.39, 0.29) is 5.56 Å². The Morgan fingerprint density at radius 1 is 1.40 bits per heavy atom. The second-order valence-corrected chi connectivity index (χ2v) is 4.38. The Morgan fingerprint density at radius 3 is 2.90 bits per heavy atom. The molecule has 104 valence electrons. The standard InChI is InChI=1S/C15H16N2O3/c1-10-6-14(13(9-16-10)15(18)19)17-8-11-4-3-5-12(7-11)20-2/h3-7,9H,8H2,1-2H3,(H,16,17)(H,18,19). The lowest BCUT2D eigenvalue weighted by molar-refractivity contribution is 0.0697. The Kier molecular flexibility index (Phi) is 4.20. The minimum Gasteiger partial charge on any atom is -0.497 e. The lowest BCUT2D eigenvalue weighted by Gasteiger charge is -2.11. The molecule has 0 amide bonds. The van der Waals surface area contributed by atoms with Crippen molar-refractivity contribution in [1.29, 1.82) is 0 Å². The number of nitrogens with zero attached hydrogens (tertiary/aromatic N) is 1. The normalized spacial score (nSPS) is 10.1. The maximum absolute atomic E-state index is 11.1. The number of methoxy groups -OCH3 is 1. The molecule has 0 spiro atoms. The van der Waals surface area contributed by atoms with E-state index in [0.29, 0.717) is 12.2 Å².